The van der Waals surface area contributed by atoms with Crippen molar-refractivity contribution in [1.29, 1.82) is 0 Å². The first-order valence-electron chi connectivity index (χ1n) is 6.99. The van der Waals surface area contributed by atoms with Gasteiger partial charge in [0.25, 0.3) is 0 Å². The number of piperidine rings is 1. The standard InChI is InChI=1S/C14H18N6O/c15-14(21)19-7-5-11(6-8-19)18-12-3-1-2-4-13(12)20-10-16-9-17-20/h1-4,9-11,18H,5-8H2,(H2,15,21). The summed E-state index contributed by atoms with van der Waals surface area (Å²) in [5, 5.41) is 7.70. The van der Waals surface area contributed by atoms with Gasteiger partial charge in [-0.25, -0.2) is 14.5 Å². The highest BCUT2D eigenvalue weighted by molar-refractivity contribution is 5.72. The van der Waals surface area contributed by atoms with Crippen LogP contribution in [0.25, 0.3) is 5.69 Å². The van der Waals surface area contributed by atoms with Crippen molar-refractivity contribution >= 4 is 11.7 Å². The molecule has 3 N–H and O–H groups in total. The molecule has 110 valence electrons. The Kier molecular flexibility index (Phi) is 3.72. The summed E-state index contributed by atoms with van der Waals surface area (Å²) in [5.74, 6) is 0. The van der Waals surface area contributed by atoms with Gasteiger partial charge in [-0.1, -0.05) is 12.1 Å². The van der Waals surface area contributed by atoms with Gasteiger partial charge in [0.05, 0.1) is 11.4 Å². The topological polar surface area (TPSA) is 89.1 Å². The van der Waals surface area contributed by atoms with Crippen molar-refractivity contribution in [1.82, 2.24) is 19.7 Å². The molecule has 1 aromatic carbocycles. The number of benzene rings is 1. The number of aromatic nitrogens is 3. The Balaban J connectivity index is 1.70. The van der Waals surface area contributed by atoms with Gasteiger partial charge in [-0.3, -0.25) is 0 Å². The lowest BCUT2D eigenvalue weighted by Gasteiger charge is -2.32. The van der Waals surface area contributed by atoms with Gasteiger partial charge in [0.2, 0.25) is 0 Å². The Morgan fingerprint density at radius 1 is 1.29 bits per heavy atom. The molecule has 7 nitrogen and oxygen atoms in total. The second-order valence-corrected chi connectivity index (χ2v) is 5.10. The summed E-state index contributed by atoms with van der Waals surface area (Å²) in [7, 11) is 0. The van der Waals surface area contributed by atoms with Crippen molar-refractivity contribution in [3.63, 3.8) is 0 Å². The minimum Gasteiger partial charge on any atom is -0.380 e. The van der Waals surface area contributed by atoms with Crippen molar-refractivity contribution in [2.75, 3.05) is 18.4 Å². The number of anilines is 1. The molecule has 1 saturated heterocycles. The maximum absolute atomic E-state index is 11.1. The predicted molar refractivity (Wildman–Crippen MR) is 79.2 cm³/mol. The van der Waals surface area contributed by atoms with E-state index < -0.39 is 0 Å². The van der Waals surface area contributed by atoms with Crippen LogP contribution in [-0.2, 0) is 0 Å². The highest BCUT2D eigenvalue weighted by Gasteiger charge is 2.21. The van der Waals surface area contributed by atoms with Crippen LogP contribution < -0.4 is 11.1 Å². The molecule has 2 amide bonds. The first kappa shape index (κ1) is 13.4. The number of nitrogens with two attached hydrogens (primary N) is 1. The number of nitrogens with zero attached hydrogens (tertiary/aromatic N) is 4. The zero-order chi connectivity index (χ0) is 14.7. The summed E-state index contributed by atoms with van der Waals surface area (Å²) in [5.41, 5.74) is 7.28. The number of urea groups is 1. The van der Waals surface area contributed by atoms with E-state index in [2.05, 4.69) is 15.4 Å². The molecule has 0 saturated carbocycles. The number of carbonyl (C=O) groups is 1. The maximum Gasteiger partial charge on any atom is 0.314 e. The van der Waals surface area contributed by atoms with Crippen LogP contribution in [0, 0.1) is 0 Å². The molecule has 0 atom stereocenters. The fraction of sp³-hybridized carbons (Fsp3) is 0.357. The molecule has 0 radical (unpaired) electrons. The smallest absolute Gasteiger partial charge is 0.314 e. The first-order valence-corrected chi connectivity index (χ1v) is 6.99. The van der Waals surface area contributed by atoms with Gasteiger partial charge >= 0.3 is 6.03 Å². The van der Waals surface area contributed by atoms with Crippen LogP contribution in [0.4, 0.5) is 10.5 Å². The van der Waals surface area contributed by atoms with Crippen LogP contribution in [0.5, 0.6) is 0 Å². The highest BCUT2D eigenvalue weighted by Crippen LogP contribution is 2.22. The van der Waals surface area contributed by atoms with E-state index in [0.29, 0.717) is 19.1 Å². The first-order chi connectivity index (χ1) is 10.2. The third kappa shape index (κ3) is 2.96. The van der Waals surface area contributed by atoms with Gasteiger partial charge in [0.1, 0.15) is 12.7 Å². The number of nitrogens with one attached hydrogen (secondary N) is 1. The molecule has 2 aromatic rings. The molecule has 3 rings (SSSR count). The molecule has 1 fully saturated rings. The van der Waals surface area contributed by atoms with E-state index in [1.807, 2.05) is 24.3 Å². The van der Waals surface area contributed by atoms with E-state index in [1.54, 1.807) is 15.9 Å². The molecule has 7 heteroatoms. The lowest BCUT2D eigenvalue weighted by atomic mass is 10.0. The Bertz CT molecular complexity index is 604. The number of likely N-dealkylation sites (tertiary alicyclic amines) is 1. The predicted octanol–water partition coefficient (Wildman–Crippen LogP) is 1.22. The van der Waals surface area contributed by atoms with Crippen LogP contribution in [0.15, 0.2) is 36.9 Å². The van der Waals surface area contributed by atoms with Crippen LogP contribution in [0.3, 0.4) is 0 Å². The lowest BCUT2D eigenvalue weighted by Crippen LogP contribution is -2.44. The molecule has 1 aromatic heterocycles. The van der Waals surface area contributed by atoms with Crippen molar-refractivity contribution in [2.24, 2.45) is 5.73 Å². The lowest BCUT2D eigenvalue weighted by molar-refractivity contribution is 0.193. The van der Waals surface area contributed by atoms with Crippen LogP contribution >= 0.6 is 0 Å². The summed E-state index contributed by atoms with van der Waals surface area (Å²) in [6.07, 6.45) is 4.96. The molecule has 0 unspecified atom stereocenters. The molecule has 1 aliphatic rings. The molecule has 0 bridgehead atoms. The van der Waals surface area contributed by atoms with E-state index in [0.717, 1.165) is 24.2 Å². The summed E-state index contributed by atoms with van der Waals surface area (Å²) >= 11 is 0. The Morgan fingerprint density at radius 2 is 2.05 bits per heavy atom. The van der Waals surface area contributed by atoms with Gasteiger partial charge in [0, 0.05) is 19.1 Å². The van der Waals surface area contributed by atoms with E-state index in [-0.39, 0.29) is 6.03 Å². The van der Waals surface area contributed by atoms with Crippen molar-refractivity contribution in [3.05, 3.63) is 36.9 Å². The molecular formula is C14H18N6O. The molecule has 21 heavy (non-hydrogen) atoms. The molecular weight excluding hydrogens is 268 g/mol. The summed E-state index contributed by atoms with van der Waals surface area (Å²) in [6.45, 7) is 1.39. The fourth-order valence-electron chi connectivity index (χ4n) is 2.59. The van der Waals surface area contributed by atoms with Crippen LogP contribution in [0.2, 0.25) is 0 Å². The summed E-state index contributed by atoms with van der Waals surface area (Å²) < 4.78 is 1.74. The number of hydrogen-bond donors (Lipinski definition) is 2. The van der Waals surface area contributed by atoms with Crippen LogP contribution in [0.1, 0.15) is 12.8 Å². The SMILES string of the molecule is NC(=O)N1CCC(Nc2ccccc2-n2cncn2)CC1. The zero-order valence-corrected chi connectivity index (χ0v) is 11.6. The van der Waals surface area contributed by atoms with E-state index in [1.165, 1.54) is 6.33 Å². The third-order valence-corrected chi connectivity index (χ3v) is 3.74. The fourth-order valence-corrected chi connectivity index (χ4v) is 2.59. The normalized spacial score (nSPS) is 15.9. The van der Waals surface area contributed by atoms with Crippen molar-refractivity contribution < 1.29 is 4.79 Å². The monoisotopic (exact) mass is 286 g/mol. The van der Waals surface area contributed by atoms with Gasteiger partial charge in [0.15, 0.2) is 0 Å². The van der Waals surface area contributed by atoms with Gasteiger partial charge in [-0.2, -0.15) is 5.10 Å². The molecule has 2 heterocycles. The second-order valence-electron chi connectivity index (χ2n) is 5.10. The second kappa shape index (κ2) is 5.82. The number of rotatable bonds is 3. The Labute approximate surface area is 122 Å². The number of para-hydroxylation sites is 2. The zero-order valence-electron chi connectivity index (χ0n) is 11.6. The number of primary amides is 1. The van der Waals surface area contributed by atoms with Crippen molar-refractivity contribution in [3.8, 4) is 5.69 Å². The molecule has 0 aliphatic carbocycles. The highest BCUT2D eigenvalue weighted by atomic mass is 16.2. The molecule has 0 spiro atoms. The maximum atomic E-state index is 11.1. The minimum absolute atomic E-state index is 0.324. The third-order valence-electron chi connectivity index (χ3n) is 3.74. The Hall–Kier alpha value is -2.57. The van der Waals surface area contributed by atoms with E-state index >= 15 is 0 Å². The van der Waals surface area contributed by atoms with E-state index in [9.17, 15) is 4.79 Å². The van der Waals surface area contributed by atoms with Crippen LogP contribution in [-0.4, -0.2) is 44.8 Å². The van der Waals surface area contributed by atoms with Gasteiger partial charge in [-0.15, -0.1) is 0 Å². The number of carbonyl (C=O) groups excluding carboxylic acids is 1. The summed E-state index contributed by atoms with van der Waals surface area (Å²) in [4.78, 5) is 16.8. The molecule has 1 aliphatic heterocycles. The quantitative estimate of drug-likeness (QED) is 0.888. The van der Waals surface area contributed by atoms with Crippen molar-refractivity contribution in [2.45, 2.75) is 18.9 Å². The number of hydrogen-bond acceptors (Lipinski definition) is 4. The Morgan fingerprint density at radius 3 is 2.71 bits per heavy atom. The summed E-state index contributed by atoms with van der Waals surface area (Å²) in [6, 6.07) is 7.97. The number of amides is 2. The van der Waals surface area contributed by atoms with Gasteiger partial charge in [-0.05, 0) is 25.0 Å². The van der Waals surface area contributed by atoms with Gasteiger partial charge < -0.3 is 16.0 Å². The average molecular weight is 286 g/mol. The minimum atomic E-state index is -0.337. The van der Waals surface area contributed by atoms with E-state index in [4.69, 9.17) is 5.73 Å². The average Bonchev–Trinajstić information content (AvgIpc) is 3.02. The largest absolute Gasteiger partial charge is 0.380 e.